The van der Waals surface area contributed by atoms with Crippen molar-refractivity contribution in [2.75, 3.05) is 19.7 Å². The number of hydrogen-bond acceptors (Lipinski definition) is 6. The van der Waals surface area contributed by atoms with E-state index >= 15 is 0 Å². The van der Waals surface area contributed by atoms with Crippen LogP contribution in [-0.2, 0) is 16.1 Å². The number of aromatic nitrogens is 2. The Morgan fingerprint density at radius 3 is 2.92 bits per heavy atom. The molecule has 2 fully saturated rings. The van der Waals surface area contributed by atoms with Crippen molar-refractivity contribution in [3.8, 4) is 0 Å². The number of amides is 1. The van der Waals surface area contributed by atoms with E-state index in [4.69, 9.17) is 14.0 Å². The van der Waals surface area contributed by atoms with E-state index in [9.17, 15) is 4.79 Å². The molecule has 26 heavy (non-hydrogen) atoms. The highest BCUT2D eigenvalue weighted by Gasteiger charge is 2.50. The molecule has 0 aromatic carbocycles. The number of likely N-dealkylation sites (tertiary alicyclic amines) is 1. The maximum atomic E-state index is 12.7. The fraction of sp³-hybridized carbons (Fsp3) is 0.526. The normalized spacial score (nSPS) is 21.6. The zero-order valence-corrected chi connectivity index (χ0v) is 15.1. The van der Waals surface area contributed by atoms with E-state index in [0.717, 1.165) is 18.5 Å². The first kappa shape index (κ1) is 17.2. The summed E-state index contributed by atoms with van der Waals surface area (Å²) in [6.45, 7) is 5.88. The molecule has 0 radical (unpaired) electrons. The molecule has 0 saturated carbocycles. The highest BCUT2D eigenvalue weighted by Crippen LogP contribution is 2.36. The van der Waals surface area contributed by atoms with E-state index in [1.165, 1.54) is 0 Å². The molecule has 2 aliphatic rings. The van der Waals surface area contributed by atoms with E-state index < -0.39 is 0 Å². The quantitative estimate of drug-likeness (QED) is 0.835. The maximum absolute atomic E-state index is 12.7. The standard InChI is InChI=1S/C19H23N3O4/c1-13-17(14(2)26-21-13)18(23)22-11-19(12-22)9-16(6-8-25-19)24-10-15-5-3-4-7-20-15/h3-5,7,16H,6,8-12H2,1-2H3/t16-/m0/s1. The minimum Gasteiger partial charge on any atom is -0.372 e. The largest absolute Gasteiger partial charge is 0.372 e. The van der Waals surface area contributed by atoms with Crippen LogP contribution in [0.2, 0.25) is 0 Å². The van der Waals surface area contributed by atoms with Crippen LogP contribution in [0.3, 0.4) is 0 Å². The van der Waals surface area contributed by atoms with Crippen LogP contribution in [0.15, 0.2) is 28.9 Å². The summed E-state index contributed by atoms with van der Waals surface area (Å²) in [6, 6.07) is 5.82. The van der Waals surface area contributed by atoms with Crippen LogP contribution >= 0.6 is 0 Å². The van der Waals surface area contributed by atoms with Crippen LogP contribution in [0, 0.1) is 13.8 Å². The summed E-state index contributed by atoms with van der Waals surface area (Å²) in [4.78, 5) is 18.8. The van der Waals surface area contributed by atoms with Crippen molar-refractivity contribution in [1.82, 2.24) is 15.0 Å². The lowest BCUT2D eigenvalue weighted by atomic mass is 9.84. The van der Waals surface area contributed by atoms with E-state index in [2.05, 4.69) is 10.1 Å². The molecule has 1 amide bonds. The van der Waals surface area contributed by atoms with Crippen molar-refractivity contribution in [3.05, 3.63) is 47.1 Å². The summed E-state index contributed by atoms with van der Waals surface area (Å²) in [5, 5.41) is 3.87. The smallest absolute Gasteiger partial charge is 0.259 e. The second-order valence-corrected chi connectivity index (χ2v) is 7.14. The van der Waals surface area contributed by atoms with E-state index in [0.29, 0.717) is 43.3 Å². The van der Waals surface area contributed by atoms with Crippen LogP contribution < -0.4 is 0 Å². The van der Waals surface area contributed by atoms with Gasteiger partial charge in [0.05, 0.1) is 37.2 Å². The SMILES string of the molecule is Cc1noc(C)c1C(=O)N1CC2(C[C@@H](OCc3ccccn3)CCO2)C1. The first-order chi connectivity index (χ1) is 12.6. The summed E-state index contributed by atoms with van der Waals surface area (Å²) >= 11 is 0. The molecule has 1 spiro atoms. The Morgan fingerprint density at radius 1 is 1.38 bits per heavy atom. The first-order valence-corrected chi connectivity index (χ1v) is 8.94. The summed E-state index contributed by atoms with van der Waals surface area (Å²) < 4.78 is 17.2. The van der Waals surface area contributed by atoms with Crippen molar-refractivity contribution in [1.29, 1.82) is 0 Å². The van der Waals surface area contributed by atoms with E-state index in [-0.39, 0.29) is 17.6 Å². The number of hydrogen-bond donors (Lipinski definition) is 0. The third-order valence-corrected chi connectivity index (χ3v) is 5.13. The fourth-order valence-electron chi connectivity index (χ4n) is 3.77. The third kappa shape index (κ3) is 3.24. The van der Waals surface area contributed by atoms with Gasteiger partial charge in [-0.2, -0.15) is 0 Å². The number of carbonyl (C=O) groups is 1. The van der Waals surface area contributed by atoms with Crippen LogP contribution in [0.1, 0.15) is 40.3 Å². The van der Waals surface area contributed by atoms with Crippen molar-refractivity contribution < 1.29 is 18.8 Å². The summed E-state index contributed by atoms with van der Waals surface area (Å²) in [5.74, 6) is 0.529. The van der Waals surface area contributed by atoms with Gasteiger partial charge < -0.3 is 18.9 Å². The lowest BCUT2D eigenvalue weighted by Gasteiger charge is -2.52. The first-order valence-electron chi connectivity index (χ1n) is 8.94. The van der Waals surface area contributed by atoms with Crippen molar-refractivity contribution in [2.45, 2.75) is 45.0 Å². The van der Waals surface area contributed by atoms with Gasteiger partial charge in [0.1, 0.15) is 16.9 Å². The van der Waals surface area contributed by atoms with Gasteiger partial charge in [-0.05, 0) is 32.4 Å². The Morgan fingerprint density at radius 2 is 2.23 bits per heavy atom. The molecule has 0 N–H and O–H groups in total. The second-order valence-electron chi connectivity index (χ2n) is 7.14. The topological polar surface area (TPSA) is 77.7 Å². The van der Waals surface area contributed by atoms with Gasteiger partial charge in [0.2, 0.25) is 0 Å². The number of ether oxygens (including phenoxy) is 2. The summed E-state index contributed by atoms with van der Waals surface area (Å²) in [7, 11) is 0. The predicted molar refractivity (Wildman–Crippen MR) is 92.6 cm³/mol. The number of nitrogens with zero attached hydrogens (tertiary/aromatic N) is 3. The van der Waals surface area contributed by atoms with Crippen molar-refractivity contribution in [3.63, 3.8) is 0 Å². The van der Waals surface area contributed by atoms with E-state index in [1.54, 1.807) is 24.9 Å². The predicted octanol–water partition coefficient (Wildman–Crippen LogP) is 2.28. The fourth-order valence-corrected chi connectivity index (χ4v) is 3.77. The van der Waals surface area contributed by atoms with Gasteiger partial charge in [0, 0.05) is 19.2 Å². The second kappa shape index (κ2) is 6.81. The number of aryl methyl sites for hydroxylation is 2. The molecule has 2 aromatic heterocycles. The van der Waals surface area contributed by atoms with Crippen molar-refractivity contribution >= 4 is 5.91 Å². The molecular formula is C19H23N3O4. The Kier molecular flexibility index (Phi) is 4.50. The molecule has 0 aliphatic carbocycles. The molecule has 4 rings (SSSR count). The van der Waals surface area contributed by atoms with Gasteiger partial charge in [-0.1, -0.05) is 11.2 Å². The zero-order chi connectivity index (χ0) is 18.1. The molecule has 7 nitrogen and oxygen atoms in total. The minimum absolute atomic E-state index is 0.0352. The Labute approximate surface area is 152 Å². The third-order valence-electron chi connectivity index (χ3n) is 5.13. The summed E-state index contributed by atoms with van der Waals surface area (Å²) in [6.07, 6.45) is 3.56. The molecule has 2 aliphatic heterocycles. The minimum atomic E-state index is -0.290. The van der Waals surface area contributed by atoms with E-state index in [1.807, 2.05) is 18.2 Å². The van der Waals surface area contributed by atoms with Gasteiger partial charge in [0.15, 0.2) is 0 Å². The lowest BCUT2D eigenvalue weighted by molar-refractivity contribution is -0.188. The van der Waals surface area contributed by atoms with Crippen LogP contribution in [0.5, 0.6) is 0 Å². The van der Waals surface area contributed by atoms with Gasteiger partial charge in [-0.15, -0.1) is 0 Å². The molecular weight excluding hydrogens is 334 g/mol. The van der Waals surface area contributed by atoms with Gasteiger partial charge in [-0.3, -0.25) is 9.78 Å². The Hall–Kier alpha value is -2.25. The van der Waals surface area contributed by atoms with Crippen LogP contribution in [0.4, 0.5) is 0 Å². The molecule has 0 bridgehead atoms. The van der Waals surface area contributed by atoms with Gasteiger partial charge in [-0.25, -0.2) is 0 Å². The number of rotatable bonds is 4. The molecule has 2 aromatic rings. The molecule has 7 heteroatoms. The monoisotopic (exact) mass is 357 g/mol. The molecule has 2 saturated heterocycles. The molecule has 138 valence electrons. The molecule has 4 heterocycles. The molecule has 1 atom stereocenters. The van der Waals surface area contributed by atoms with Crippen molar-refractivity contribution in [2.24, 2.45) is 0 Å². The average Bonchev–Trinajstić information content (AvgIpc) is 2.97. The Balaban J connectivity index is 1.33. The summed E-state index contributed by atoms with van der Waals surface area (Å²) in [5.41, 5.74) is 1.84. The van der Waals surface area contributed by atoms with Crippen LogP contribution in [-0.4, -0.2) is 52.3 Å². The number of pyridine rings is 1. The molecule has 0 unspecified atom stereocenters. The van der Waals surface area contributed by atoms with Crippen LogP contribution in [0.25, 0.3) is 0 Å². The Bertz CT molecular complexity index is 764. The highest BCUT2D eigenvalue weighted by molar-refractivity contribution is 5.96. The van der Waals surface area contributed by atoms with Gasteiger partial charge >= 0.3 is 0 Å². The average molecular weight is 357 g/mol. The maximum Gasteiger partial charge on any atom is 0.259 e. The lowest BCUT2D eigenvalue weighted by Crippen LogP contribution is -2.67. The number of carbonyl (C=O) groups excluding carboxylic acids is 1. The van der Waals surface area contributed by atoms with Gasteiger partial charge in [0.25, 0.3) is 5.91 Å². The highest BCUT2D eigenvalue weighted by atomic mass is 16.5. The zero-order valence-electron chi connectivity index (χ0n) is 15.1.